The summed E-state index contributed by atoms with van der Waals surface area (Å²) in [6, 6.07) is 5.42. The second kappa shape index (κ2) is 8.77. The van der Waals surface area contributed by atoms with Crippen molar-refractivity contribution in [3.8, 4) is 11.5 Å². The number of nitrogens with zero attached hydrogens (tertiary/aromatic N) is 3. The molecule has 34 heavy (non-hydrogen) atoms. The Morgan fingerprint density at radius 3 is 2.76 bits per heavy atom. The minimum atomic E-state index is -0.619. The number of hydrogen-bond donors (Lipinski definition) is 2. The first-order valence-corrected chi connectivity index (χ1v) is 10.2. The molecule has 0 bridgehead atoms. The number of ether oxygens (including phenoxy) is 1. The average molecular weight is 466 g/mol. The zero-order valence-electron chi connectivity index (χ0n) is 18.7. The van der Waals surface area contributed by atoms with Crippen LogP contribution in [0.25, 0.3) is 5.57 Å². The number of nitrogens with one attached hydrogen (secondary N) is 1. The van der Waals surface area contributed by atoms with Crippen LogP contribution in [0.3, 0.4) is 0 Å². The summed E-state index contributed by atoms with van der Waals surface area (Å²) in [5.74, 6) is 0.0349. The Balaban J connectivity index is 1.79. The maximum absolute atomic E-state index is 13.4. The van der Waals surface area contributed by atoms with Gasteiger partial charge in [-0.25, -0.2) is 0 Å². The van der Waals surface area contributed by atoms with Gasteiger partial charge in [0, 0.05) is 6.20 Å². The van der Waals surface area contributed by atoms with Crippen molar-refractivity contribution >= 4 is 23.1 Å². The van der Waals surface area contributed by atoms with Crippen LogP contribution in [-0.4, -0.2) is 33.1 Å². The number of aromatic hydroxyl groups is 1. The van der Waals surface area contributed by atoms with Gasteiger partial charge in [0.2, 0.25) is 0 Å². The van der Waals surface area contributed by atoms with Crippen LogP contribution in [0.4, 0.5) is 11.6 Å². The largest absolute Gasteiger partial charge is 0.504 e. The summed E-state index contributed by atoms with van der Waals surface area (Å²) in [5, 5.41) is 28.1. The Hall–Kier alpha value is -4.54. The van der Waals surface area contributed by atoms with Crippen LogP contribution in [0.2, 0.25) is 0 Å². The van der Waals surface area contributed by atoms with E-state index < -0.39 is 16.9 Å². The Bertz CT molecular complexity index is 1300. The fourth-order valence-electron chi connectivity index (χ4n) is 3.88. The van der Waals surface area contributed by atoms with Crippen LogP contribution in [0.15, 0.2) is 52.1 Å². The maximum Gasteiger partial charge on any atom is 0.433 e. The number of phenols is 1. The van der Waals surface area contributed by atoms with Gasteiger partial charge in [-0.3, -0.25) is 14.9 Å². The zero-order valence-corrected chi connectivity index (χ0v) is 18.7. The van der Waals surface area contributed by atoms with Crippen molar-refractivity contribution in [3.63, 3.8) is 0 Å². The average Bonchev–Trinajstić information content (AvgIpc) is 3.40. The van der Waals surface area contributed by atoms with E-state index in [0.717, 1.165) is 0 Å². The van der Waals surface area contributed by atoms with E-state index in [1.165, 1.54) is 25.3 Å². The van der Waals surface area contributed by atoms with Gasteiger partial charge >= 0.3 is 5.88 Å². The Morgan fingerprint density at radius 2 is 2.18 bits per heavy atom. The molecule has 0 aliphatic carbocycles. The molecule has 2 N–H and O–H groups in total. The first-order valence-electron chi connectivity index (χ1n) is 10.2. The normalized spacial score (nSPS) is 14.9. The summed E-state index contributed by atoms with van der Waals surface area (Å²) in [5.41, 5.74) is 2.34. The minimum Gasteiger partial charge on any atom is -0.504 e. The Morgan fingerprint density at radius 1 is 1.41 bits per heavy atom. The molecular weight excluding hydrogens is 444 g/mol. The molecule has 1 amide bonds. The molecule has 3 aromatic rings. The van der Waals surface area contributed by atoms with Crippen LogP contribution >= 0.6 is 0 Å². The number of amides is 1. The first kappa shape index (κ1) is 22.6. The van der Waals surface area contributed by atoms with E-state index in [-0.39, 0.29) is 29.5 Å². The highest BCUT2D eigenvalue weighted by atomic mass is 16.6. The van der Waals surface area contributed by atoms with Crippen molar-refractivity contribution in [2.45, 2.75) is 26.4 Å². The zero-order chi connectivity index (χ0) is 24.6. The van der Waals surface area contributed by atoms with E-state index in [1.807, 2.05) is 0 Å². The molecule has 11 nitrogen and oxygen atoms in total. The predicted octanol–water partition coefficient (Wildman–Crippen LogP) is 4.23. The van der Waals surface area contributed by atoms with Crippen LogP contribution in [0.1, 0.15) is 34.4 Å². The lowest BCUT2D eigenvalue weighted by atomic mass is 9.89. The third-order valence-corrected chi connectivity index (χ3v) is 5.52. The maximum atomic E-state index is 13.4. The highest BCUT2D eigenvalue weighted by Gasteiger charge is 2.31. The second-order valence-electron chi connectivity index (χ2n) is 7.66. The molecule has 1 unspecified atom stereocenters. The number of furan rings is 1. The molecule has 1 atom stereocenters. The molecular formula is C23H22N4O7. The van der Waals surface area contributed by atoms with Gasteiger partial charge in [-0.05, 0) is 43.2 Å². The highest BCUT2D eigenvalue weighted by molar-refractivity contribution is 6.26. The summed E-state index contributed by atoms with van der Waals surface area (Å²) in [4.78, 5) is 25.5. The molecule has 176 valence electrons. The van der Waals surface area contributed by atoms with Gasteiger partial charge in [0.1, 0.15) is 22.1 Å². The molecule has 0 spiro atoms. The van der Waals surface area contributed by atoms with Gasteiger partial charge in [0.15, 0.2) is 17.3 Å². The van der Waals surface area contributed by atoms with Gasteiger partial charge in [-0.2, -0.15) is 0 Å². The number of rotatable bonds is 7. The standard InChI is InChI=1S/C23H22N4O7/c1-5-18-16-9-20(32-4)19(28)8-15(16)17(23(29)24-22-12(2)25-34-13(22)3)11-26(18)10-14-6-7-21(33-14)27(30)31/h5-9,11,18,28H,1,10H2,2-4H3,(H,24,29). The minimum absolute atomic E-state index is 0.120. The quantitative estimate of drug-likeness (QED) is 0.297. The molecule has 4 rings (SSSR count). The molecule has 11 heteroatoms. The molecule has 3 heterocycles. The Labute approximate surface area is 194 Å². The monoisotopic (exact) mass is 466 g/mol. The fraction of sp³-hybridized carbons (Fsp3) is 0.217. The molecule has 1 aliphatic heterocycles. The van der Waals surface area contributed by atoms with E-state index in [9.17, 15) is 20.0 Å². The predicted molar refractivity (Wildman–Crippen MR) is 121 cm³/mol. The van der Waals surface area contributed by atoms with Crippen LogP contribution < -0.4 is 10.1 Å². The lowest BCUT2D eigenvalue weighted by molar-refractivity contribution is -0.402. The number of nitro groups is 1. The second-order valence-corrected chi connectivity index (χ2v) is 7.66. The van der Waals surface area contributed by atoms with Crippen molar-refractivity contribution in [2.24, 2.45) is 0 Å². The van der Waals surface area contributed by atoms with Crippen molar-refractivity contribution in [2.75, 3.05) is 12.4 Å². The number of phenolic OH excluding ortho intramolecular Hbond substituents is 1. The van der Waals surface area contributed by atoms with Crippen molar-refractivity contribution < 1.29 is 28.5 Å². The number of hydrogen-bond acceptors (Lipinski definition) is 9. The third-order valence-electron chi connectivity index (χ3n) is 5.52. The van der Waals surface area contributed by atoms with E-state index in [4.69, 9.17) is 13.7 Å². The van der Waals surface area contributed by atoms with Gasteiger partial charge in [-0.15, -0.1) is 6.58 Å². The van der Waals surface area contributed by atoms with Gasteiger partial charge in [0.05, 0.1) is 31.3 Å². The SMILES string of the molecule is C=CC1c2cc(OC)c(O)cc2C(C(=O)Nc2c(C)noc2C)=CN1Cc1ccc([N+](=O)[O-])o1. The van der Waals surface area contributed by atoms with Crippen molar-refractivity contribution in [1.82, 2.24) is 10.1 Å². The summed E-state index contributed by atoms with van der Waals surface area (Å²) in [6.07, 6.45) is 3.26. The first-order chi connectivity index (χ1) is 16.2. The van der Waals surface area contributed by atoms with Crippen LogP contribution in [-0.2, 0) is 11.3 Å². The summed E-state index contributed by atoms with van der Waals surface area (Å²) >= 11 is 0. The number of anilines is 1. The lowest BCUT2D eigenvalue weighted by Crippen LogP contribution is -2.29. The lowest BCUT2D eigenvalue weighted by Gasteiger charge is -2.35. The van der Waals surface area contributed by atoms with E-state index in [2.05, 4.69) is 17.1 Å². The molecule has 1 aromatic carbocycles. The van der Waals surface area contributed by atoms with E-state index in [0.29, 0.717) is 34.0 Å². The summed E-state index contributed by atoms with van der Waals surface area (Å²) < 4.78 is 15.7. The molecule has 0 saturated heterocycles. The number of aryl methyl sites for hydroxylation is 2. The molecule has 1 aliphatic rings. The number of carbonyl (C=O) groups is 1. The number of methoxy groups -OCH3 is 1. The smallest absolute Gasteiger partial charge is 0.433 e. The fourth-order valence-corrected chi connectivity index (χ4v) is 3.88. The number of benzene rings is 1. The molecule has 0 radical (unpaired) electrons. The van der Waals surface area contributed by atoms with Crippen LogP contribution in [0, 0.1) is 24.0 Å². The van der Waals surface area contributed by atoms with Gasteiger partial charge in [0.25, 0.3) is 5.91 Å². The topological polar surface area (TPSA) is 144 Å². The number of aromatic nitrogens is 1. The summed E-state index contributed by atoms with van der Waals surface area (Å²) in [6.45, 7) is 7.41. The van der Waals surface area contributed by atoms with E-state index >= 15 is 0 Å². The van der Waals surface area contributed by atoms with E-state index in [1.54, 1.807) is 37.1 Å². The third kappa shape index (κ3) is 3.98. The molecule has 0 saturated carbocycles. The van der Waals surface area contributed by atoms with Crippen molar-refractivity contribution in [3.05, 3.63) is 81.6 Å². The van der Waals surface area contributed by atoms with Gasteiger partial charge < -0.3 is 29.0 Å². The number of fused-ring (bicyclic) bond motifs is 1. The number of carbonyl (C=O) groups excluding carboxylic acids is 1. The highest BCUT2D eigenvalue weighted by Crippen LogP contribution is 2.42. The molecule has 0 fully saturated rings. The van der Waals surface area contributed by atoms with Crippen LogP contribution in [0.5, 0.6) is 11.5 Å². The molecule has 2 aromatic heterocycles. The van der Waals surface area contributed by atoms with Crippen molar-refractivity contribution in [1.29, 1.82) is 0 Å². The summed E-state index contributed by atoms with van der Waals surface area (Å²) in [7, 11) is 1.42. The van der Waals surface area contributed by atoms with Gasteiger partial charge in [-0.1, -0.05) is 11.2 Å². The Kier molecular flexibility index (Phi) is 5.84.